The molecule has 0 saturated carbocycles. The molecule has 0 fully saturated rings. The highest BCUT2D eigenvalue weighted by atomic mass is 32.2. The van der Waals surface area contributed by atoms with Gasteiger partial charge in [-0.1, -0.05) is 36.4 Å². The summed E-state index contributed by atoms with van der Waals surface area (Å²) < 4.78 is 64.6. The second-order valence-corrected chi connectivity index (χ2v) is 11.9. The molecule has 6 N–H and O–H groups in total. The lowest BCUT2D eigenvalue weighted by Crippen LogP contribution is -2.16. The Balaban J connectivity index is 1.42. The zero-order valence-electron chi connectivity index (χ0n) is 20.9. The van der Waals surface area contributed by atoms with Gasteiger partial charge >= 0.3 is 0 Å². The topological polar surface area (TPSA) is 193 Å². The van der Waals surface area contributed by atoms with Crippen molar-refractivity contribution in [3.8, 4) is 0 Å². The van der Waals surface area contributed by atoms with Crippen molar-refractivity contribution >= 4 is 70.7 Å². The molecule has 5 rings (SSSR count). The Morgan fingerprint density at radius 3 is 1.39 bits per heavy atom. The summed E-state index contributed by atoms with van der Waals surface area (Å²) in [5.41, 5.74) is 7.03. The highest BCUT2D eigenvalue weighted by molar-refractivity contribution is 7.86. The molecule has 0 spiro atoms. The fourth-order valence-corrected chi connectivity index (χ4v) is 5.40. The molecule has 0 atom stereocenters. The molecule has 5 aromatic rings. The maximum atomic E-state index is 13.2. The van der Waals surface area contributed by atoms with Crippen LogP contribution < -0.4 is 16.4 Å². The van der Waals surface area contributed by atoms with Gasteiger partial charge in [-0.25, -0.2) is 0 Å². The lowest BCUT2D eigenvalue weighted by Gasteiger charge is -2.12. The SMILES string of the molecule is Nc1cc(C(=O)Nc2cccc3cc(S(=O)(=O)O)ccc23)cc(C(=O)Nc2cccc3cc(S(=O)(=O)O)ccc23)c1. The zero-order chi connectivity index (χ0) is 29.5. The highest BCUT2D eigenvalue weighted by Gasteiger charge is 2.17. The van der Waals surface area contributed by atoms with Crippen molar-refractivity contribution in [3.05, 3.63) is 102 Å². The van der Waals surface area contributed by atoms with Crippen molar-refractivity contribution in [1.82, 2.24) is 0 Å². The fraction of sp³-hybridized carbons (Fsp3) is 0. The summed E-state index contributed by atoms with van der Waals surface area (Å²) in [5, 5.41) is 7.43. The van der Waals surface area contributed by atoms with E-state index in [1.807, 2.05) is 0 Å². The fourth-order valence-electron chi connectivity index (χ4n) is 4.37. The van der Waals surface area contributed by atoms with E-state index in [0.717, 1.165) is 0 Å². The Labute approximate surface area is 234 Å². The van der Waals surface area contributed by atoms with Crippen molar-refractivity contribution in [3.63, 3.8) is 0 Å². The number of carbonyl (C=O) groups is 2. The van der Waals surface area contributed by atoms with E-state index < -0.39 is 32.1 Å². The molecule has 0 heterocycles. The number of nitrogens with one attached hydrogen (secondary N) is 2. The molecule has 0 aliphatic carbocycles. The predicted octanol–water partition coefficient (Wildman–Crippen LogP) is 4.57. The number of anilines is 3. The number of carbonyl (C=O) groups excluding carboxylic acids is 2. The van der Waals surface area contributed by atoms with Crippen LogP contribution in [0.15, 0.2) is 101 Å². The lowest BCUT2D eigenvalue weighted by molar-refractivity contribution is 0.102. The molecule has 5 aromatic carbocycles. The predicted molar refractivity (Wildman–Crippen MR) is 154 cm³/mol. The molecule has 0 aromatic heterocycles. The summed E-state index contributed by atoms with van der Waals surface area (Å²) >= 11 is 0. The van der Waals surface area contributed by atoms with Crippen molar-refractivity contribution in [2.24, 2.45) is 0 Å². The number of rotatable bonds is 6. The Morgan fingerprint density at radius 2 is 1.00 bits per heavy atom. The first-order valence-corrected chi connectivity index (χ1v) is 14.7. The Bertz CT molecular complexity index is 1960. The van der Waals surface area contributed by atoms with Crippen LogP contribution in [0.3, 0.4) is 0 Å². The average Bonchev–Trinajstić information content (AvgIpc) is 2.91. The number of nitrogens with two attached hydrogens (primary N) is 1. The van der Waals surface area contributed by atoms with Crippen molar-refractivity contribution in [2.75, 3.05) is 16.4 Å². The van der Waals surface area contributed by atoms with E-state index in [9.17, 15) is 35.5 Å². The molecule has 2 amide bonds. The molecule has 11 nitrogen and oxygen atoms in total. The van der Waals surface area contributed by atoms with Gasteiger partial charge in [-0.2, -0.15) is 16.8 Å². The van der Waals surface area contributed by atoms with E-state index in [-0.39, 0.29) is 26.6 Å². The van der Waals surface area contributed by atoms with Crippen LogP contribution in [-0.4, -0.2) is 37.8 Å². The number of hydrogen-bond acceptors (Lipinski definition) is 7. The quantitative estimate of drug-likeness (QED) is 0.139. The van der Waals surface area contributed by atoms with E-state index in [1.54, 1.807) is 36.4 Å². The maximum absolute atomic E-state index is 13.2. The van der Waals surface area contributed by atoms with Crippen LogP contribution in [0, 0.1) is 0 Å². The molecule has 0 aliphatic rings. The van der Waals surface area contributed by atoms with Gasteiger partial charge in [0.1, 0.15) is 0 Å². The van der Waals surface area contributed by atoms with Crippen molar-refractivity contribution < 1.29 is 35.5 Å². The molecule has 41 heavy (non-hydrogen) atoms. The van der Waals surface area contributed by atoms with Gasteiger partial charge in [0.05, 0.1) is 9.79 Å². The first kappa shape index (κ1) is 27.7. The Kier molecular flexibility index (Phi) is 6.97. The van der Waals surface area contributed by atoms with Crippen LogP contribution in [0.2, 0.25) is 0 Å². The summed E-state index contributed by atoms with van der Waals surface area (Å²) in [4.78, 5) is 25.7. The molecule has 0 saturated heterocycles. The molecular formula is C28H21N3O8S2. The van der Waals surface area contributed by atoms with Crippen LogP contribution in [0.25, 0.3) is 21.5 Å². The van der Waals surface area contributed by atoms with Crippen LogP contribution in [-0.2, 0) is 20.2 Å². The van der Waals surface area contributed by atoms with Gasteiger partial charge in [0, 0.05) is 39.0 Å². The summed E-state index contributed by atoms with van der Waals surface area (Å²) in [6.45, 7) is 0. The minimum atomic E-state index is -4.41. The van der Waals surface area contributed by atoms with Crippen molar-refractivity contribution in [1.29, 1.82) is 0 Å². The third-order valence-corrected chi connectivity index (χ3v) is 7.97. The van der Waals surface area contributed by atoms with Gasteiger partial charge < -0.3 is 16.4 Å². The maximum Gasteiger partial charge on any atom is 0.294 e. The third kappa shape index (κ3) is 5.88. The summed E-state index contributed by atoms with van der Waals surface area (Å²) in [7, 11) is -8.81. The summed E-state index contributed by atoms with van der Waals surface area (Å²) in [6.07, 6.45) is 0. The number of benzene rings is 5. The second kappa shape index (κ2) is 10.3. The molecule has 0 aliphatic heterocycles. The van der Waals surface area contributed by atoms with Gasteiger partial charge in [-0.15, -0.1) is 0 Å². The largest absolute Gasteiger partial charge is 0.399 e. The van der Waals surface area contributed by atoms with Crippen LogP contribution in [0.4, 0.5) is 17.1 Å². The normalized spacial score (nSPS) is 11.9. The average molecular weight is 592 g/mol. The zero-order valence-corrected chi connectivity index (χ0v) is 22.5. The number of hydrogen-bond donors (Lipinski definition) is 5. The number of fused-ring (bicyclic) bond motifs is 2. The van der Waals surface area contributed by atoms with E-state index in [2.05, 4.69) is 10.6 Å². The van der Waals surface area contributed by atoms with Gasteiger partial charge in [0.25, 0.3) is 32.1 Å². The van der Waals surface area contributed by atoms with Gasteiger partial charge in [0.2, 0.25) is 0 Å². The standard InChI is InChI=1S/C28H21N3O8S2/c29-20-12-18(27(32)30-25-5-1-3-16-14-21(40(34,35)36)7-9-23(16)25)11-19(13-20)28(33)31-26-6-2-4-17-15-22(41(37,38)39)8-10-24(17)26/h1-15H,29H2,(H,30,32)(H,31,33)(H,34,35,36)(H,37,38,39). The Hall–Kier alpha value is -4.82. The molecule has 208 valence electrons. The van der Waals surface area contributed by atoms with Crippen molar-refractivity contribution in [2.45, 2.75) is 9.79 Å². The highest BCUT2D eigenvalue weighted by Crippen LogP contribution is 2.28. The number of amides is 2. The second-order valence-electron chi connectivity index (χ2n) is 9.08. The molecule has 0 radical (unpaired) electrons. The Morgan fingerprint density at radius 1 is 0.585 bits per heavy atom. The van der Waals surface area contributed by atoms with E-state index in [0.29, 0.717) is 32.9 Å². The smallest absolute Gasteiger partial charge is 0.294 e. The molecule has 13 heteroatoms. The van der Waals surface area contributed by atoms with Gasteiger partial charge in [-0.05, 0) is 65.4 Å². The summed E-state index contributed by atoms with van der Waals surface area (Å²) in [6, 6.07) is 21.7. The first-order valence-electron chi connectivity index (χ1n) is 11.8. The summed E-state index contributed by atoms with van der Waals surface area (Å²) in [5.74, 6) is -1.17. The molecule has 0 unspecified atom stereocenters. The minimum Gasteiger partial charge on any atom is -0.399 e. The first-order chi connectivity index (χ1) is 19.3. The molecular weight excluding hydrogens is 570 g/mol. The lowest BCUT2D eigenvalue weighted by atomic mass is 10.1. The number of nitrogen functional groups attached to an aromatic ring is 1. The van der Waals surface area contributed by atoms with E-state index in [1.165, 1.54) is 54.6 Å². The van der Waals surface area contributed by atoms with Gasteiger partial charge in [0.15, 0.2) is 0 Å². The van der Waals surface area contributed by atoms with E-state index >= 15 is 0 Å². The van der Waals surface area contributed by atoms with Crippen LogP contribution in [0.1, 0.15) is 20.7 Å². The van der Waals surface area contributed by atoms with Gasteiger partial charge in [-0.3, -0.25) is 18.7 Å². The minimum absolute atomic E-state index is 0.0809. The third-order valence-electron chi connectivity index (χ3n) is 6.28. The monoisotopic (exact) mass is 591 g/mol. The molecule has 0 bridgehead atoms. The van der Waals surface area contributed by atoms with Crippen LogP contribution in [0.5, 0.6) is 0 Å². The van der Waals surface area contributed by atoms with E-state index in [4.69, 9.17) is 5.73 Å². The van der Waals surface area contributed by atoms with Crippen LogP contribution >= 0.6 is 0 Å².